The molecule has 18 heteroatoms. The summed E-state index contributed by atoms with van der Waals surface area (Å²) in [6.45, 7) is 7.14. The van der Waals surface area contributed by atoms with Crippen molar-refractivity contribution in [2.75, 3.05) is 82.4 Å². The van der Waals surface area contributed by atoms with Crippen LogP contribution in [0.5, 0.6) is 0 Å². The number of sulfone groups is 1. The minimum Gasteiger partial charge on any atom is -0.380 e. The summed E-state index contributed by atoms with van der Waals surface area (Å²) in [7, 11) is -6.79. The van der Waals surface area contributed by atoms with Crippen LogP contribution in [0.3, 0.4) is 0 Å². The molecule has 2 N–H and O–H groups in total. The number of carbonyl (C=O) groups is 1. The zero-order valence-corrected chi connectivity index (χ0v) is 41.4. The number of halogens is 4. The lowest BCUT2D eigenvalue weighted by molar-refractivity contribution is -0.0435. The third-order valence-electron chi connectivity index (χ3n) is 12.6. The number of rotatable bonds is 19. The quantitative estimate of drug-likeness (QED) is 0.0770. The van der Waals surface area contributed by atoms with Crippen molar-refractivity contribution in [1.29, 1.82) is 0 Å². The Bertz CT molecular complexity index is 2680. The maximum atomic E-state index is 14.3. The summed E-state index contributed by atoms with van der Waals surface area (Å²) in [6.07, 6.45) is 3.68. The summed E-state index contributed by atoms with van der Waals surface area (Å²) >= 11 is 7.60. The average Bonchev–Trinajstić information content (AvgIpc) is 3.32. The van der Waals surface area contributed by atoms with Gasteiger partial charge in [-0.2, -0.15) is 13.2 Å². The van der Waals surface area contributed by atoms with Gasteiger partial charge in [0.25, 0.3) is 25.8 Å². The topological polar surface area (TPSA) is 122 Å². The zero-order valence-electron chi connectivity index (χ0n) is 38.2. The van der Waals surface area contributed by atoms with E-state index in [4.69, 9.17) is 11.6 Å². The predicted octanol–water partition coefficient (Wildman–Crippen LogP) is 9.37. The lowest BCUT2D eigenvalue weighted by Gasteiger charge is -2.36. The highest BCUT2D eigenvalue weighted by Gasteiger charge is 2.48. The van der Waals surface area contributed by atoms with Crippen molar-refractivity contribution in [1.82, 2.24) is 19.4 Å². The SMILES string of the molecule is CN(C)CCC1CCN(CC[C@H](CSc2ccccc2)Nc2ccc(S(=O)(=O)NC(=O)c3ccc(N4CCN(Cc5ccccc5-c5ccc(Cl)cc5)CC4)cc3)cc2S(=O)(=O)C(F)(F)F)CC1. The molecule has 5 aromatic carbocycles. The molecular formula is C50H58ClF3N6O5S3. The molecule has 2 aliphatic rings. The first kappa shape index (κ1) is 51.2. The molecule has 7 rings (SSSR count). The molecule has 0 aliphatic carbocycles. The molecule has 2 saturated heterocycles. The van der Waals surface area contributed by atoms with Crippen molar-refractivity contribution in [3.63, 3.8) is 0 Å². The van der Waals surface area contributed by atoms with Gasteiger partial charge >= 0.3 is 5.51 Å². The summed E-state index contributed by atoms with van der Waals surface area (Å²) in [5.41, 5.74) is -1.87. The Morgan fingerprint density at radius 1 is 0.809 bits per heavy atom. The fraction of sp³-hybridized carbons (Fsp3) is 0.380. The number of likely N-dealkylation sites (tertiary alicyclic amines) is 1. The van der Waals surface area contributed by atoms with E-state index in [1.165, 1.54) is 29.5 Å². The molecule has 5 aromatic rings. The first-order valence-corrected chi connectivity index (χ1v) is 27.0. The third kappa shape index (κ3) is 13.6. The van der Waals surface area contributed by atoms with Gasteiger partial charge in [0.15, 0.2) is 0 Å². The number of amides is 1. The van der Waals surface area contributed by atoms with Gasteiger partial charge in [0.05, 0.1) is 10.6 Å². The van der Waals surface area contributed by atoms with Crippen LogP contribution in [-0.2, 0) is 26.4 Å². The monoisotopic (exact) mass is 1010 g/mol. The van der Waals surface area contributed by atoms with E-state index in [9.17, 15) is 34.8 Å². The van der Waals surface area contributed by atoms with Crippen molar-refractivity contribution in [2.45, 2.75) is 58.5 Å². The molecule has 2 heterocycles. The van der Waals surface area contributed by atoms with Crippen LogP contribution in [0.25, 0.3) is 11.1 Å². The molecule has 2 fully saturated rings. The summed E-state index contributed by atoms with van der Waals surface area (Å²) < 4.78 is 98.4. The minimum absolute atomic E-state index is 0.00672. The van der Waals surface area contributed by atoms with Crippen molar-refractivity contribution < 1.29 is 34.8 Å². The molecule has 1 amide bonds. The number of benzene rings is 5. The third-order valence-corrected chi connectivity index (χ3v) is 16.8. The van der Waals surface area contributed by atoms with Gasteiger partial charge in [0, 0.05) is 72.2 Å². The lowest BCUT2D eigenvalue weighted by atomic mass is 9.93. The van der Waals surface area contributed by atoms with Gasteiger partial charge in [-0.25, -0.2) is 21.6 Å². The lowest BCUT2D eigenvalue weighted by Crippen LogP contribution is -2.46. The molecule has 364 valence electrons. The van der Waals surface area contributed by atoms with Crippen molar-refractivity contribution in [2.24, 2.45) is 5.92 Å². The van der Waals surface area contributed by atoms with Crippen molar-refractivity contribution in [3.8, 4) is 11.1 Å². The van der Waals surface area contributed by atoms with Gasteiger partial charge in [-0.15, -0.1) is 11.8 Å². The van der Waals surface area contributed by atoms with Crippen LogP contribution in [0.2, 0.25) is 5.02 Å². The molecule has 1 atom stereocenters. The Morgan fingerprint density at radius 2 is 1.47 bits per heavy atom. The second-order valence-corrected chi connectivity index (χ2v) is 22.8. The molecule has 0 spiro atoms. The van der Waals surface area contributed by atoms with Gasteiger partial charge in [-0.3, -0.25) is 9.69 Å². The number of carbonyl (C=O) groups excluding carboxylic acids is 1. The molecule has 0 aromatic heterocycles. The first-order chi connectivity index (χ1) is 32.4. The average molecular weight is 1010 g/mol. The maximum Gasteiger partial charge on any atom is 0.501 e. The fourth-order valence-corrected chi connectivity index (χ4v) is 11.7. The van der Waals surface area contributed by atoms with E-state index in [0.717, 1.165) is 92.4 Å². The van der Waals surface area contributed by atoms with Crippen molar-refractivity contribution in [3.05, 3.63) is 137 Å². The van der Waals surface area contributed by atoms with Gasteiger partial charge in [-0.1, -0.05) is 66.2 Å². The number of alkyl halides is 3. The Morgan fingerprint density at radius 3 is 2.13 bits per heavy atom. The van der Waals surface area contributed by atoms with Gasteiger partial charge in [-0.05, 0) is 149 Å². The van der Waals surface area contributed by atoms with E-state index in [2.05, 4.69) is 51.1 Å². The second kappa shape index (κ2) is 22.9. The van der Waals surface area contributed by atoms with E-state index in [0.29, 0.717) is 48.8 Å². The smallest absolute Gasteiger partial charge is 0.380 e. The van der Waals surface area contributed by atoms with Crippen LogP contribution in [0, 0.1) is 5.92 Å². The molecular weight excluding hydrogens is 953 g/mol. The summed E-state index contributed by atoms with van der Waals surface area (Å²) in [5, 5.41) is 3.73. The Kier molecular flexibility index (Phi) is 17.2. The summed E-state index contributed by atoms with van der Waals surface area (Å²) in [5.74, 6) is -0.0179. The van der Waals surface area contributed by atoms with Crippen LogP contribution >= 0.6 is 23.4 Å². The highest BCUT2D eigenvalue weighted by atomic mass is 35.5. The number of nitrogens with one attached hydrogen (secondary N) is 2. The van der Waals surface area contributed by atoms with Crippen LogP contribution in [-0.4, -0.2) is 121 Å². The van der Waals surface area contributed by atoms with Gasteiger partial charge in [0.1, 0.15) is 4.90 Å². The number of thioether (sulfide) groups is 1. The van der Waals surface area contributed by atoms with E-state index >= 15 is 0 Å². The predicted molar refractivity (Wildman–Crippen MR) is 267 cm³/mol. The van der Waals surface area contributed by atoms with E-state index in [-0.39, 0.29) is 11.3 Å². The highest BCUT2D eigenvalue weighted by Crippen LogP contribution is 2.37. The molecule has 0 bridgehead atoms. The highest BCUT2D eigenvalue weighted by molar-refractivity contribution is 7.99. The normalized spacial score (nSPS) is 16.2. The number of anilines is 2. The standard InChI is InChI=1S/C50H58ClF3N6O5S3/c1-57(2)26-22-37-23-27-58(28-24-37)29-25-42(36-66-44-9-4-3-5-10-44)55-47-21-20-45(34-48(47)67(62,63)50(52,53)54)68(64,65)56-49(61)39-14-18-43(19-15-39)60-32-30-59(31-33-60)35-40-8-6-7-11-46(40)38-12-16-41(51)17-13-38/h3-21,34,37,42,55H,22-33,35-36H2,1-2H3,(H,56,61)/t42-/m1/s1. The van der Waals surface area contributed by atoms with Gasteiger partial charge < -0.3 is 20.0 Å². The van der Waals surface area contributed by atoms with Crippen LogP contribution in [0.15, 0.2) is 136 Å². The first-order valence-electron chi connectivity index (χ1n) is 22.7. The molecule has 11 nitrogen and oxygen atoms in total. The van der Waals surface area contributed by atoms with Crippen LogP contribution < -0.4 is 14.9 Å². The number of piperazine rings is 1. The van der Waals surface area contributed by atoms with Crippen LogP contribution in [0.1, 0.15) is 41.6 Å². The molecule has 68 heavy (non-hydrogen) atoms. The molecule has 0 saturated carbocycles. The molecule has 0 unspecified atom stereocenters. The summed E-state index contributed by atoms with van der Waals surface area (Å²) in [6, 6.07) is 33.9. The number of nitrogens with zero attached hydrogens (tertiary/aromatic N) is 4. The molecule has 2 aliphatic heterocycles. The number of hydrogen-bond donors (Lipinski definition) is 2. The summed E-state index contributed by atoms with van der Waals surface area (Å²) in [4.78, 5) is 21.3. The van der Waals surface area contributed by atoms with E-state index < -0.39 is 47.1 Å². The van der Waals surface area contributed by atoms with Crippen molar-refractivity contribution >= 4 is 60.5 Å². The second-order valence-electron chi connectivity index (χ2n) is 17.6. The van der Waals surface area contributed by atoms with E-state index in [1.807, 2.05) is 71.5 Å². The maximum absolute atomic E-state index is 14.3. The Hall–Kier alpha value is -4.62. The largest absolute Gasteiger partial charge is 0.501 e. The number of sulfonamides is 1. The Labute approximate surface area is 408 Å². The number of piperidine rings is 1. The minimum atomic E-state index is -6.06. The van der Waals surface area contributed by atoms with Gasteiger partial charge in [0.2, 0.25) is 0 Å². The van der Waals surface area contributed by atoms with Crippen LogP contribution in [0.4, 0.5) is 24.5 Å². The zero-order chi connectivity index (χ0) is 48.5. The number of hydrogen-bond acceptors (Lipinski definition) is 11. The molecule has 0 radical (unpaired) electrons. The Balaban J connectivity index is 1.01. The van der Waals surface area contributed by atoms with E-state index in [1.54, 1.807) is 12.1 Å². The fourth-order valence-electron chi connectivity index (χ4n) is 8.58.